The van der Waals surface area contributed by atoms with Crippen molar-refractivity contribution in [3.63, 3.8) is 0 Å². The molecule has 0 bridgehead atoms. The van der Waals surface area contributed by atoms with E-state index in [1.807, 2.05) is 24.3 Å². The number of sulfonamides is 1. The molecule has 144 valence electrons. The van der Waals surface area contributed by atoms with Crippen molar-refractivity contribution in [2.75, 3.05) is 22.0 Å². The highest BCUT2D eigenvalue weighted by Crippen LogP contribution is 2.34. The molecular formula is C19H20Cl2N2O3S. The molecule has 1 aliphatic heterocycles. The number of fused-ring (bicyclic) bond motifs is 1. The van der Waals surface area contributed by atoms with E-state index in [4.69, 9.17) is 23.2 Å². The molecule has 1 atom stereocenters. The van der Waals surface area contributed by atoms with Crippen LogP contribution in [0.25, 0.3) is 0 Å². The Morgan fingerprint density at radius 1 is 1.19 bits per heavy atom. The quantitative estimate of drug-likeness (QED) is 0.738. The number of carbonyl (C=O) groups excluding carboxylic acids is 1. The molecule has 0 aliphatic carbocycles. The van der Waals surface area contributed by atoms with Crippen LogP contribution in [-0.2, 0) is 21.2 Å². The summed E-state index contributed by atoms with van der Waals surface area (Å²) in [6.07, 6.45) is 2.77. The number of hydrogen-bond donors (Lipinski definition) is 0. The number of anilines is 2. The molecule has 0 saturated heterocycles. The van der Waals surface area contributed by atoms with Crippen molar-refractivity contribution in [1.29, 1.82) is 0 Å². The number of nitrogens with zero attached hydrogens (tertiary/aromatic N) is 2. The number of carbonyl (C=O) groups is 1. The summed E-state index contributed by atoms with van der Waals surface area (Å²) < 4.78 is 26.1. The Labute approximate surface area is 169 Å². The summed E-state index contributed by atoms with van der Waals surface area (Å²) in [5.74, 6) is -0.302. The minimum atomic E-state index is -3.77. The van der Waals surface area contributed by atoms with E-state index in [0.29, 0.717) is 11.6 Å². The fraction of sp³-hybridized carbons (Fsp3) is 0.316. The van der Waals surface area contributed by atoms with Crippen molar-refractivity contribution in [2.24, 2.45) is 0 Å². The van der Waals surface area contributed by atoms with Gasteiger partial charge in [0.15, 0.2) is 0 Å². The maximum Gasteiger partial charge on any atom is 0.250 e. The van der Waals surface area contributed by atoms with Crippen LogP contribution in [0.15, 0.2) is 42.5 Å². The van der Waals surface area contributed by atoms with Crippen molar-refractivity contribution < 1.29 is 13.2 Å². The maximum atomic E-state index is 13.3. The average molecular weight is 427 g/mol. The summed E-state index contributed by atoms with van der Waals surface area (Å²) >= 11 is 12.3. The van der Waals surface area contributed by atoms with Gasteiger partial charge in [0, 0.05) is 17.3 Å². The maximum absolute atomic E-state index is 13.3. The first-order valence-corrected chi connectivity index (χ1v) is 11.1. The molecule has 2 aromatic rings. The fourth-order valence-electron chi connectivity index (χ4n) is 3.42. The highest BCUT2D eigenvalue weighted by molar-refractivity contribution is 7.92. The minimum Gasteiger partial charge on any atom is -0.310 e. The van der Waals surface area contributed by atoms with Gasteiger partial charge < -0.3 is 4.90 Å². The Bertz CT molecular complexity index is 979. The minimum absolute atomic E-state index is 0.192. The molecule has 5 nitrogen and oxygen atoms in total. The van der Waals surface area contributed by atoms with Crippen molar-refractivity contribution >= 4 is 50.5 Å². The van der Waals surface area contributed by atoms with E-state index in [0.717, 1.165) is 34.7 Å². The Morgan fingerprint density at radius 2 is 1.89 bits per heavy atom. The molecule has 27 heavy (non-hydrogen) atoms. The number of aryl methyl sites for hydroxylation is 1. The van der Waals surface area contributed by atoms with Gasteiger partial charge in [-0.25, -0.2) is 8.42 Å². The highest BCUT2D eigenvalue weighted by atomic mass is 35.5. The Balaban J connectivity index is 2.02. The molecule has 1 amide bonds. The zero-order valence-corrected chi connectivity index (χ0v) is 17.4. The molecular weight excluding hydrogens is 407 g/mol. The Morgan fingerprint density at radius 3 is 2.59 bits per heavy atom. The van der Waals surface area contributed by atoms with Gasteiger partial charge in [0.2, 0.25) is 10.0 Å². The summed E-state index contributed by atoms with van der Waals surface area (Å²) in [6.45, 7) is 2.11. The zero-order chi connectivity index (χ0) is 19.8. The van der Waals surface area contributed by atoms with Gasteiger partial charge in [-0.1, -0.05) is 41.4 Å². The molecule has 0 N–H and O–H groups in total. The molecule has 0 unspecified atom stereocenters. The third-order valence-electron chi connectivity index (χ3n) is 4.59. The number of halogens is 2. The lowest BCUT2D eigenvalue weighted by atomic mass is 10.0. The lowest BCUT2D eigenvalue weighted by Gasteiger charge is -2.35. The van der Waals surface area contributed by atoms with Crippen LogP contribution < -0.4 is 9.21 Å². The summed E-state index contributed by atoms with van der Waals surface area (Å²) in [7, 11) is -3.77. The van der Waals surface area contributed by atoms with Crippen LogP contribution in [0.1, 0.15) is 18.9 Å². The molecule has 8 heteroatoms. The predicted molar refractivity (Wildman–Crippen MR) is 110 cm³/mol. The lowest BCUT2D eigenvalue weighted by Crippen LogP contribution is -2.51. The molecule has 0 fully saturated rings. The molecule has 2 aromatic carbocycles. The molecule has 0 saturated carbocycles. The molecule has 0 aromatic heterocycles. The van der Waals surface area contributed by atoms with Gasteiger partial charge >= 0.3 is 0 Å². The number of para-hydroxylation sites is 1. The Kier molecular flexibility index (Phi) is 5.70. The second-order valence-electron chi connectivity index (χ2n) is 6.55. The van der Waals surface area contributed by atoms with Crippen LogP contribution in [0.2, 0.25) is 10.0 Å². The van der Waals surface area contributed by atoms with Crippen molar-refractivity contribution in [3.8, 4) is 0 Å². The van der Waals surface area contributed by atoms with Gasteiger partial charge in [0.25, 0.3) is 5.91 Å². The number of rotatable bonds is 4. The van der Waals surface area contributed by atoms with E-state index in [2.05, 4.69) is 0 Å². The number of amides is 1. The van der Waals surface area contributed by atoms with Crippen molar-refractivity contribution in [1.82, 2.24) is 0 Å². The predicted octanol–water partition coefficient (Wildman–Crippen LogP) is 4.13. The van der Waals surface area contributed by atoms with E-state index in [1.165, 1.54) is 12.1 Å². The molecule has 0 radical (unpaired) electrons. The SMILES string of the molecule is C[C@@H](C(=O)N1CCCc2ccccc21)N(c1cc(Cl)ccc1Cl)S(C)(=O)=O. The molecule has 0 spiro atoms. The standard InChI is InChI=1S/C19H20Cl2N2O3S/c1-13(19(24)22-11-5-7-14-6-3-4-8-17(14)22)23(27(2,25)26)18-12-15(20)9-10-16(18)21/h3-4,6,8-10,12-13H,5,7,11H2,1-2H3/t13-/m0/s1. The first kappa shape index (κ1) is 20.0. The smallest absolute Gasteiger partial charge is 0.250 e. The van der Waals surface area contributed by atoms with Gasteiger partial charge in [-0.2, -0.15) is 0 Å². The van der Waals surface area contributed by atoms with Gasteiger partial charge in [-0.3, -0.25) is 9.10 Å². The summed E-state index contributed by atoms with van der Waals surface area (Å²) in [5, 5.41) is 0.550. The molecule has 3 rings (SSSR count). The van der Waals surface area contributed by atoms with Crippen LogP contribution in [0.4, 0.5) is 11.4 Å². The molecule has 1 aliphatic rings. The van der Waals surface area contributed by atoms with Crippen LogP contribution in [-0.4, -0.2) is 33.2 Å². The summed E-state index contributed by atoms with van der Waals surface area (Å²) in [6, 6.07) is 11.3. The van der Waals surface area contributed by atoms with E-state index in [9.17, 15) is 13.2 Å². The summed E-state index contributed by atoms with van der Waals surface area (Å²) in [4.78, 5) is 14.9. The second kappa shape index (κ2) is 7.70. The lowest BCUT2D eigenvalue weighted by molar-refractivity contribution is -0.119. The van der Waals surface area contributed by atoms with Crippen LogP contribution in [0.3, 0.4) is 0 Å². The average Bonchev–Trinajstić information content (AvgIpc) is 2.62. The van der Waals surface area contributed by atoms with E-state index in [1.54, 1.807) is 17.9 Å². The Hall–Kier alpha value is -1.76. The van der Waals surface area contributed by atoms with E-state index in [-0.39, 0.29) is 16.6 Å². The fourth-order valence-corrected chi connectivity index (χ4v) is 5.02. The second-order valence-corrected chi connectivity index (χ2v) is 9.26. The van der Waals surface area contributed by atoms with Crippen LogP contribution in [0.5, 0.6) is 0 Å². The third-order valence-corrected chi connectivity index (χ3v) is 6.37. The van der Waals surface area contributed by atoms with Crippen LogP contribution in [0, 0.1) is 0 Å². The van der Waals surface area contributed by atoms with Crippen LogP contribution >= 0.6 is 23.2 Å². The van der Waals surface area contributed by atoms with Gasteiger partial charge in [-0.15, -0.1) is 0 Å². The van der Waals surface area contributed by atoms with Crippen molar-refractivity contribution in [3.05, 3.63) is 58.1 Å². The first-order valence-electron chi connectivity index (χ1n) is 8.54. The van der Waals surface area contributed by atoms with E-state index < -0.39 is 16.1 Å². The van der Waals surface area contributed by atoms with Crippen molar-refractivity contribution in [2.45, 2.75) is 25.8 Å². The first-order chi connectivity index (χ1) is 12.7. The zero-order valence-electron chi connectivity index (χ0n) is 15.0. The largest absolute Gasteiger partial charge is 0.310 e. The molecule has 1 heterocycles. The highest BCUT2D eigenvalue weighted by Gasteiger charge is 2.35. The van der Waals surface area contributed by atoms with Gasteiger partial charge in [-0.05, 0) is 49.6 Å². The van der Waals surface area contributed by atoms with Gasteiger partial charge in [0.1, 0.15) is 6.04 Å². The summed E-state index contributed by atoms with van der Waals surface area (Å²) in [5.41, 5.74) is 2.10. The number of hydrogen-bond acceptors (Lipinski definition) is 3. The number of benzene rings is 2. The third kappa shape index (κ3) is 4.08. The van der Waals surface area contributed by atoms with Gasteiger partial charge in [0.05, 0.1) is 17.0 Å². The monoisotopic (exact) mass is 426 g/mol. The van der Waals surface area contributed by atoms with E-state index >= 15 is 0 Å². The normalized spacial score (nSPS) is 15.2. The topological polar surface area (TPSA) is 57.7 Å².